The third-order valence-corrected chi connectivity index (χ3v) is 16.1. The van der Waals surface area contributed by atoms with Crippen LogP contribution in [0.1, 0.15) is 22.3 Å². The van der Waals surface area contributed by atoms with E-state index in [1.165, 1.54) is 59.3 Å². The van der Waals surface area contributed by atoms with Crippen LogP contribution in [-0.2, 0) is 5.41 Å². The van der Waals surface area contributed by atoms with E-state index in [0.717, 1.165) is 77.1 Å². The molecule has 4 heterocycles. The summed E-state index contributed by atoms with van der Waals surface area (Å²) in [4.78, 5) is 16.1. The quantitative estimate of drug-likeness (QED) is 0.176. The summed E-state index contributed by atoms with van der Waals surface area (Å²) in [6.07, 6.45) is 0. The van der Waals surface area contributed by atoms with E-state index in [2.05, 4.69) is 176 Å². The lowest BCUT2D eigenvalue weighted by Gasteiger charge is -2.30. The van der Waals surface area contributed by atoms with Crippen molar-refractivity contribution in [2.24, 2.45) is 0 Å². The van der Waals surface area contributed by atoms with E-state index in [1.54, 1.807) is 11.3 Å². The van der Waals surface area contributed by atoms with Crippen LogP contribution in [0, 0.1) is 0 Å². The zero-order chi connectivity index (χ0) is 45.7. The number of hydrogen-bond acceptors (Lipinski definition) is 6. The van der Waals surface area contributed by atoms with Crippen molar-refractivity contribution in [1.82, 2.24) is 15.0 Å². The molecule has 2 aliphatic rings. The number of fused-ring (bicyclic) bond motifs is 19. The molecule has 5 nitrogen and oxygen atoms in total. The summed E-state index contributed by atoms with van der Waals surface area (Å²) in [5.41, 5.74) is 18.2. The van der Waals surface area contributed by atoms with Crippen molar-refractivity contribution in [3.8, 4) is 67.5 Å². The zero-order valence-electron chi connectivity index (χ0n) is 37.3. The topological polar surface area (TPSA) is 65.0 Å². The lowest BCUT2D eigenvalue weighted by atomic mass is 9.70. The third-order valence-electron chi connectivity index (χ3n) is 15.0. The fourth-order valence-corrected chi connectivity index (χ4v) is 13.2. The summed E-state index contributed by atoms with van der Waals surface area (Å²) >= 11 is 1.79. The fourth-order valence-electron chi connectivity index (χ4n) is 12.0. The number of thiophene rings is 1. The van der Waals surface area contributed by atoms with Crippen molar-refractivity contribution >= 4 is 75.4 Å². The van der Waals surface area contributed by atoms with E-state index in [0.29, 0.717) is 17.5 Å². The molecular formula is C64H35N3O2S. The molecule has 16 rings (SSSR count). The van der Waals surface area contributed by atoms with Gasteiger partial charge in [0, 0.05) is 58.4 Å². The Labute approximate surface area is 404 Å². The molecule has 70 heavy (non-hydrogen) atoms. The van der Waals surface area contributed by atoms with Gasteiger partial charge in [0.1, 0.15) is 22.3 Å². The van der Waals surface area contributed by atoms with Gasteiger partial charge in [-0.05, 0) is 116 Å². The van der Waals surface area contributed by atoms with Gasteiger partial charge in [0.05, 0.1) is 5.41 Å². The normalized spacial score (nSPS) is 13.3. The smallest absolute Gasteiger partial charge is 0.164 e. The third kappa shape index (κ3) is 5.12. The van der Waals surface area contributed by atoms with Crippen LogP contribution in [0.4, 0.5) is 0 Å². The largest absolute Gasteiger partial charge is 0.456 e. The molecule has 4 aromatic heterocycles. The Morgan fingerprint density at radius 1 is 0.300 bits per heavy atom. The Morgan fingerprint density at radius 2 is 0.786 bits per heavy atom. The molecule has 1 spiro atoms. The van der Waals surface area contributed by atoms with E-state index in [4.69, 9.17) is 23.8 Å². The van der Waals surface area contributed by atoms with Gasteiger partial charge in [-0.1, -0.05) is 152 Å². The average molecular weight is 910 g/mol. The van der Waals surface area contributed by atoms with Gasteiger partial charge in [0.25, 0.3) is 0 Å². The van der Waals surface area contributed by atoms with Crippen molar-refractivity contribution in [1.29, 1.82) is 0 Å². The van der Waals surface area contributed by atoms with Crippen LogP contribution in [-0.4, -0.2) is 15.0 Å². The molecule has 0 radical (unpaired) electrons. The maximum atomic E-state index is 6.70. The maximum absolute atomic E-state index is 6.70. The van der Waals surface area contributed by atoms with Gasteiger partial charge in [0.2, 0.25) is 0 Å². The number of nitrogens with zero attached hydrogens (tertiary/aromatic N) is 3. The first kappa shape index (κ1) is 38.0. The summed E-state index contributed by atoms with van der Waals surface area (Å²) in [5, 5.41) is 6.35. The minimum atomic E-state index is -0.433. The lowest BCUT2D eigenvalue weighted by molar-refractivity contribution is 0.668. The molecule has 10 aromatic carbocycles. The predicted molar refractivity (Wildman–Crippen MR) is 285 cm³/mol. The second-order valence-corrected chi connectivity index (χ2v) is 19.6. The molecule has 0 fully saturated rings. The van der Waals surface area contributed by atoms with E-state index in [-0.39, 0.29) is 0 Å². The molecule has 0 saturated heterocycles. The second kappa shape index (κ2) is 14.0. The summed E-state index contributed by atoms with van der Waals surface area (Å²) in [5.74, 6) is 1.76. The summed E-state index contributed by atoms with van der Waals surface area (Å²) in [7, 11) is 0. The molecule has 0 aliphatic heterocycles. The van der Waals surface area contributed by atoms with Gasteiger partial charge < -0.3 is 8.83 Å². The van der Waals surface area contributed by atoms with E-state index in [1.807, 2.05) is 36.4 Å². The number of hydrogen-bond donors (Lipinski definition) is 0. The molecule has 6 heteroatoms. The lowest BCUT2D eigenvalue weighted by Crippen LogP contribution is -2.25. The predicted octanol–water partition coefficient (Wildman–Crippen LogP) is 17.0. The highest BCUT2D eigenvalue weighted by molar-refractivity contribution is 7.25. The number of benzene rings is 10. The minimum absolute atomic E-state index is 0.433. The SMILES string of the molecule is c1ccc2c(c1)-c1ccccc1C21c2ccccc2-c2ccc(-c3ccc4oc5cccc(-c6nc(-c7ccc8oc9ccccc9c8c7)nc(-c7cccc8sc9ccccc9c78)n6)c5c4c3)cc21. The van der Waals surface area contributed by atoms with Crippen molar-refractivity contribution < 1.29 is 8.83 Å². The molecular weight excluding hydrogens is 875 g/mol. The number of aromatic nitrogens is 3. The van der Waals surface area contributed by atoms with Crippen LogP contribution >= 0.6 is 11.3 Å². The van der Waals surface area contributed by atoms with E-state index in [9.17, 15) is 0 Å². The Kier molecular flexibility index (Phi) is 7.63. The van der Waals surface area contributed by atoms with Crippen LogP contribution in [0.15, 0.2) is 221 Å². The minimum Gasteiger partial charge on any atom is -0.456 e. The van der Waals surface area contributed by atoms with Crippen LogP contribution in [0.3, 0.4) is 0 Å². The monoisotopic (exact) mass is 909 g/mol. The molecule has 0 saturated carbocycles. The van der Waals surface area contributed by atoms with Crippen molar-refractivity contribution in [3.63, 3.8) is 0 Å². The van der Waals surface area contributed by atoms with Crippen LogP contribution in [0.5, 0.6) is 0 Å². The zero-order valence-corrected chi connectivity index (χ0v) is 38.1. The number of rotatable bonds is 4. The molecule has 0 bridgehead atoms. The second-order valence-electron chi connectivity index (χ2n) is 18.5. The van der Waals surface area contributed by atoms with E-state index >= 15 is 0 Å². The highest BCUT2D eigenvalue weighted by Crippen LogP contribution is 2.63. The highest BCUT2D eigenvalue weighted by atomic mass is 32.1. The first-order valence-electron chi connectivity index (χ1n) is 23.7. The molecule has 0 N–H and O–H groups in total. The number of para-hydroxylation sites is 1. The van der Waals surface area contributed by atoms with Crippen LogP contribution in [0.25, 0.3) is 132 Å². The van der Waals surface area contributed by atoms with Gasteiger partial charge >= 0.3 is 0 Å². The molecule has 0 atom stereocenters. The van der Waals surface area contributed by atoms with Gasteiger partial charge in [0.15, 0.2) is 17.5 Å². The Hall–Kier alpha value is -8.97. The molecule has 324 valence electrons. The Balaban J connectivity index is 0.908. The molecule has 2 aliphatic carbocycles. The molecule has 0 amide bonds. The van der Waals surface area contributed by atoms with Crippen LogP contribution in [0.2, 0.25) is 0 Å². The van der Waals surface area contributed by atoms with E-state index < -0.39 is 5.41 Å². The van der Waals surface area contributed by atoms with Crippen molar-refractivity contribution in [2.45, 2.75) is 5.41 Å². The van der Waals surface area contributed by atoms with Crippen molar-refractivity contribution in [3.05, 3.63) is 235 Å². The number of furan rings is 2. The van der Waals surface area contributed by atoms with Gasteiger partial charge in [-0.3, -0.25) is 0 Å². The average Bonchev–Trinajstić information content (AvgIpc) is 4.23. The summed E-state index contributed by atoms with van der Waals surface area (Å²) < 4.78 is 15.4. The molecule has 0 unspecified atom stereocenters. The summed E-state index contributed by atoms with van der Waals surface area (Å²) in [6, 6.07) is 76.2. The first-order valence-corrected chi connectivity index (χ1v) is 24.5. The van der Waals surface area contributed by atoms with Gasteiger partial charge in [-0.15, -0.1) is 11.3 Å². The van der Waals surface area contributed by atoms with Crippen LogP contribution < -0.4 is 0 Å². The van der Waals surface area contributed by atoms with Crippen molar-refractivity contribution in [2.75, 3.05) is 0 Å². The molecule has 14 aromatic rings. The first-order chi connectivity index (χ1) is 34.7. The highest BCUT2D eigenvalue weighted by Gasteiger charge is 2.51. The standard InChI is InChI=1S/C64H35N3O2S/c1-6-20-49-39(13-1)40-14-2-7-21-50(40)64(49)51-22-8-3-15-41(51)42-30-27-37(35-52(42)64)36-28-31-55-48(33-36)59-45(18-11-24-56(59)69-55)62-65-61(38-29-32-54-47(34-38)43-16-4-9-23-53(43)68-54)66-63(67-62)46-19-12-26-58-60(46)44-17-5-10-25-57(44)70-58/h1-35H. The Morgan fingerprint density at radius 3 is 1.54 bits per heavy atom. The van der Waals surface area contributed by atoms with Gasteiger partial charge in [-0.25, -0.2) is 15.0 Å². The fraction of sp³-hybridized carbons (Fsp3) is 0.0156. The maximum Gasteiger partial charge on any atom is 0.164 e. The van der Waals surface area contributed by atoms with Gasteiger partial charge in [-0.2, -0.15) is 0 Å². The Bertz CT molecular complexity index is 4510. The summed E-state index contributed by atoms with van der Waals surface area (Å²) in [6.45, 7) is 0.